The Labute approximate surface area is 101 Å². The van der Waals surface area contributed by atoms with Gasteiger partial charge in [0.25, 0.3) is 0 Å². The summed E-state index contributed by atoms with van der Waals surface area (Å²) in [6.07, 6.45) is 2.17. The second-order valence-electron chi connectivity index (χ2n) is 4.78. The Morgan fingerprint density at radius 2 is 2.19 bits per heavy atom. The van der Waals surface area contributed by atoms with Crippen molar-refractivity contribution in [3.8, 4) is 0 Å². The van der Waals surface area contributed by atoms with Crippen molar-refractivity contribution in [3.05, 3.63) is 29.3 Å². The van der Waals surface area contributed by atoms with E-state index in [-0.39, 0.29) is 5.41 Å². The van der Waals surface area contributed by atoms with Gasteiger partial charge in [0, 0.05) is 0 Å². The molecule has 0 saturated carbocycles. The van der Waals surface area contributed by atoms with Crippen molar-refractivity contribution in [1.82, 2.24) is 4.98 Å². The predicted octanol–water partition coefficient (Wildman–Crippen LogP) is 3.31. The number of aromatic nitrogens is 1. The molecule has 2 N–H and O–H groups in total. The van der Waals surface area contributed by atoms with Crippen molar-refractivity contribution in [2.24, 2.45) is 5.73 Å². The van der Waals surface area contributed by atoms with Crippen LogP contribution in [0.25, 0.3) is 10.2 Å². The van der Waals surface area contributed by atoms with Gasteiger partial charge in [0.15, 0.2) is 0 Å². The van der Waals surface area contributed by atoms with Gasteiger partial charge in [-0.2, -0.15) is 0 Å². The highest BCUT2D eigenvalue weighted by Crippen LogP contribution is 2.34. The molecule has 0 aliphatic carbocycles. The number of hydrogen-bond donors (Lipinski definition) is 1. The number of nitrogens with two attached hydrogens (primary N) is 1. The van der Waals surface area contributed by atoms with Gasteiger partial charge in [-0.1, -0.05) is 26.0 Å². The lowest BCUT2D eigenvalue weighted by atomic mass is 9.80. The summed E-state index contributed by atoms with van der Waals surface area (Å²) in [7, 11) is 0. The first-order chi connectivity index (χ1) is 7.65. The highest BCUT2D eigenvalue weighted by atomic mass is 32.1. The van der Waals surface area contributed by atoms with Gasteiger partial charge in [-0.15, -0.1) is 11.3 Å². The molecular formula is C13H18N2S. The topological polar surface area (TPSA) is 38.9 Å². The lowest BCUT2D eigenvalue weighted by Gasteiger charge is -2.25. The lowest BCUT2D eigenvalue weighted by molar-refractivity contribution is 0.468. The van der Waals surface area contributed by atoms with Gasteiger partial charge in [-0.3, -0.25) is 0 Å². The minimum Gasteiger partial charge on any atom is -0.330 e. The minimum absolute atomic E-state index is 0.160. The molecule has 0 aliphatic rings. The first-order valence-electron chi connectivity index (χ1n) is 5.68. The Hall–Kier alpha value is -0.930. The number of rotatable bonds is 4. The number of hydrogen-bond acceptors (Lipinski definition) is 3. The molecule has 0 bridgehead atoms. The Morgan fingerprint density at radius 1 is 1.38 bits per heavy atom. The quantitative estimate of drug-likeness (QED) is 0.881. The third kappa shape index (κ3) is 2.11. The van der Waals surface area contributed by atoms with E-state index in [9.17, 15) is 0 Å². The smallest absolute Gasteiger partial charge is 0.0849 e. The molecule has 86 valence electrons. The van der Waals surface area contributed by atoms with Crippen LogP contribution in [0.15, 0.2) is 23.7 Å². The number of nitrogens with zero attached hydrogens (tertiary/aromatic N) is 1. The molecule has 0 atom stereocenters. The molecule has 0 saturated heterocycles. The molecule has 3 heteroatoms. The van der Waals surface area contributed by atoms with Crippen LogP contribution in [0.3, 0.4) is 0 Å². The van der Waals surface area contributed by atoms with E-state index < -0.39 is 0 Å². The average Bonchev–Trinajstić information content (AvgIpc) is 2.73. The molecule has 2 aromatic rings. The lowest BCUT2D eigenvalue weighted by Crippen LogP contribution is -2.19. The van der Waals surface area contributed by atoms with Crippen LogP contribution < -0.4 is 5.73 Å². The Balaban J connectivity index is 2.41. The van der Waals surface area contributed by atoms with Gasteiger partial charge in [-0.05, 0) is 36.4 Å². The van der Waals surface area contributed by atoms with Gasteiger partial charge in [0.05, 0.1) is 15.7 Å². The van der Waals surface area contributed by atoms with Gasteiger partial charge >= 0.3 is 0 Å². The predicted molar refractivity (Wildman–Crippen MR) is 70.9 cm³/mol. The largest absolute Gasteiger partial charge is 0.330 e. The normalized spacial score (nSPS) is 12.2. The van der Waals surface area contributed by atoms with Gasteiger partial charge in [-0.25, -0.2) is 4.98 Å². The van der Waals surface area contributed by atoms with Crippen LogP contribution in [0, 0.1) is 0 Å². The molecule has 16 heavy (non-hydrogen) atoms. The summed E-state index contributed by atoms with van der Waals surface area (Å²) in [6, 6.07) is 6.45. The third-order valence-electron chi connectivity index (χ3n) is 3.10. The zero-order valence-electron chi connectivity index (χ0n) is 9.86. The van der Waals surface area contributed by atoms with Crippen molar-refractivity contribution in [1.29, 1.82) is 0 Å². The number of fused-ring (bicyclic) bond motifs is 1. The fourth-order valence-electron chi connectivity index (χ4n) is 2.11. The first-order valence-corrected chi connectivity index (χ1v) is 6.56. The van der Waals surface area contributed by atoms with Crippen LogP contribution in [-0.4, -0.2) is 11.5 Å². The highest BCUT2D eigenvalue weighted by Gasteiger charge is 2.22. The van der Waals surface area contributed by atoms with E-state index in [2.05, 4.69) is 37.0 Å². The SMILES string of the molecule is CC(C)(CCCN)c1cccc2scnc12. The Kier molecular flexibility index (Phi) is 3.26. The molecule has 0 spiro atoms. The van der Waals surface area contributed by atoms with E-state index in [0.717, 1.165) is 24.9 Å². The van der Waals surface area contributed by atoms with Crippen LogP contribution in [0.4, 0.5) is 0 Å². The molecule has 0 aliphatic heterocycles. The molecule has 0 radical (unpaired) electrons. The van der Waals surface area contributed by atoms with E-state index >= 15 is 0 Å². The van der Waals surface area contributed by atoms with Crippen LogP contribution in [0.2, 0.25) is 0 Å². The van der Waals surface area contributed by atoms with Crippen molar-refractivity contribution >= 4 is 21.6 Å². The fraction of sp³-hybridized carbons (Fsp3) is 0.462. The van der Waals surface area contributed by atoms with E-state index in [1.807, 2.05) is 5.51 Å². The van der Waals surface area contributed by atoms with E-state index in [0.29, 0.717) is 0 Å². The molecule has 1 aromatic carbocycles. The summed E-state index contributed by atoms with van der Waals surface area (Å²) in [6.45, 7) is 5.31. The van der Waals surface area contributed by atoms with E-state index in [1.165, 1.54) is 10.3 Å². The summed E-state index contributed by atoms with van der Waals surface area (Å²) < 4.78 is 1.28. The second-order valence-corrected chi connectivity index (χ2v) is 5.67. The Bertz CT molecular complexity index is 473. The van der Waals surface area contributed by atoms with Gasteiger partial charge in [0.1, 0.15) is 0 Å². The van der Waals surface area contributed by atoms with Gasteiger partial charge < -0.3 is 5.73 Å². The van der Waals surface area contributed by atoms with Crippen LogP contribution in [-0.2, 0) is 5.41 Å². The molecule has 0 unspecified atom stereocenters. The summed E-state index contributed by atoms with van der Waals surface area (Å²) >= 11 is 1.71. The molecule has 1 aromatic heterocycles. The molecular weight excluding hydrogens is 216 g/mol. The number of thiazole rings is 1. The number of para-hydroxylation sites is 1. The standard InChI is InChI=1S/C13H18N2S/c1-13(2,7-4-8-14)10-5-3-6-11-12(10)15-9-16-11/h3,5-6,9H,4,7-8,14H2,1-2H3. The second kappa shape index (κ2) is 4.52. The maximum atomic E-state index is 5.59. The maximum Gasteiger partial charge on any atom is 0.0849 e. The summed E-state index contributed by atoms with van der Waals surface area (Å²) in [5.41, 5.74) is 10.2. The highest BCUT2D eigenvalue weighted by molar-refractivity contribution is 7.16. The average molecular weight is 234 g/mol. The summed E-state index contributed by atoms with van der Waals surface area (Å²) in [5, 5.41) is 0. The van der Waals surface area contributed by atoms with E-state index in [1.54, 1.807) is 11.3 Å². The molecule has 0 fully saturated rings. The summed E-state index contributed by atoms with van der Waals surface area (Å²) in [4.78, 5) is 4.48. The fourth-order valence-corrected chi connectivity index (χ4v) is 2.81. The minimum atomic E-state index is 0.160. The van der Waals surface area contributed by atoms with Crippen LogP contribution in [0.1, 0.15) is 32.3 Å². The van der Waals surface area contributed by atoms with Crippen molar-refractivity contribution in [2.45, 2.75) is 32.1 Å². The molecule has 1 heterocycles. The molecule has 0 amide bonds. The number of benzene rings is 1. The first kappa shape index (κ1) is 11.6. The zero-order valence-corrected chi connectivity index (χ0v) is 10.7. The van der Waals surface area contributed by atoms with E-state index in [4.69, 9.17) is 5.73 Å². The molecule has 2 nitrogen and oxygen atoms in total. The maximum absolute atomic E-state index is 5.59. The summed E-state index contributed by atoms with van der Waals surface area (Å²) in [5.74, 6) is 0. The van der Waals surface area contributed by atoms with Crippen LogP contribution >= 0.6 is 11.3 Å². The van der Waals surface area contributed by atoms with Gasteiger partial charge in [0.2, 0.25) is 0 Å². The third-order valence-corrected chi connectivity index (χ3v) is 3.89. The van der Waals surface area contributed by atoms with Crippen molar-refractivity contribution in [3.63, 3.8) is 0 Å². The Morgan fingerprint density at radius 3 is 2.94 bits per heavy atom. The monoisotopic (exact) mass is 234 g/mol. The van der Waals surface area contributed by atoms with Crippen molar-refractivity contribution in [2.75, 3.05) is 6.54 Å². The van der Waals surface area contributed by atoms with Crippen molar-refractivity contribution < 1.29 is 0 Å². The molecule has 2 rings (SSSR count). The zero-order chi connectivity index (χ0) is 11.6. The van der Waals surface area contributed by atoms with Crippen LogP contribution in [0.5, 0.6) is 0 Å².